The number of hydrogen-bond acceptors (Lipinski definition) is 5. The summed E-state index contributed by atoms with van der Waals surface area (Å²) in [6.07, 6.45) is 0.888. The van der Waals surface area contributed by atoms with Crippen molar-refractivity contribution in [1.82, 2.24) is 9.80 Å². The van der Waals surface area contributed by atoms with E-state index in [1.807, 2.05) is 13.8 Å². The number of hydrogen-bond donors (Lipinski definition) is 1. The van der Waals surface area contributed by atoms with Gasteiger partial charge in [0.25, 0.3) is 11.7 Å². The predicted molar refractivity (Wildman–Crippen MR) is 135 cm³/mol. The molecule has 2 aromatic carbocycles. The Balaban J connectivity index is 2.06. The minimum Gasteiger partial charge on any atom is -0.507 e. The van der Waals surface area contributed by atoms with Gasteiger partial charge in [-0.2, -0.15) is 0 Å². The zero-order valence-electron chi connectivity index (χ0n) is 20.3. The number of halogens is 1. The zero-order valence-corrected chi connectivity index (χ0v) is 21.1. The van der Waals surface area contributed by atoms with E-state index in [-0.39, 0.29) is 11.3 Å². The number of likely N-dealkylation sites (N-methyl/N-ethyl adjacent to an activating group) is 1. The second-order valence-corrected chi connectivity index (χ2v) is 8.84. The minimum absolute atomic E-state index is 0.0912. The normalized spacial score (nSPS) is 17.6. The zero-order chi connectivity index (χ0) is 24.8. The Morgan fingerprint density at radius 2 is 1.76 bits per heavy atom. The van der Waals surface area contributed by atoms with Crippen LogP contribution in [0.25, 0.3) is 5.76 Å². The molecule has 1 heterocycles. The molecular formula is C27H33ClN2O4. The van der Waals surface area contributed by atoms with Gasteiger partial charge in [0.15, 0.2) is 0 Å². The second-order valence-electron chi connectivity index (χ2n) is 8.40. The number of aliphatic hydroxyl groups excluding tert-OH is 1. The van der Waals surface area contributed by atoms with E-state index in [0.717, 1.165) is 36.4 Å². The fourth-order valence-electron chi connectivity index (χ4n) is 4.22. The van der Waals surface area contributed by atoms with E-state index < -0.39 is 17.7 Å². The lowest BCUT2D eigenvalue weighted by atomic mass is 9.95. The Kier molecular flexibility index (Phi) is 8.75. The van der Waals surface area contributed by atoms with Gasteiger partial charge in [0.2, 0.25) is 0 Å². The van der Waals surface area contributed by atoms with E-state index in [9.17, 15) is 14.7 Å². The summed E-state index contributed by atoms with van der Waals surface area (Å²) in [6, 6.07) is 11.6. The number of carbonyl (C=O) groups excluding carboxylic acids is 2. The first kappa shape index (κ1) is 25.8. The molecule has 2 aromatic rings. The Labute approximate surface area is 206 Å². The van der Waals surface area contributed by atoms with E-state index >= 15 is 0 Å². The van der Waals surface area contributed by atoms with E-state index in [1.54, 1.807) is 47.4 Å². The number of nitrogens with zero attached hydrogens (tertiary/aromatic N) is 2. The summed E-state index contributed by atoms with van der Waals surface area (Å²) in [4.78, 5) is 30.0. The highest BCUT2D eigenvalue weighted by Gasteiger charge is 2.46. The molecule has 1 aliphatic heterocycles. The van der Waals surface area contributed by atoms with Crippen LogP contribution in [0.2, 0.25) is 5.02 Å². The minimum atomic E-state index is -0.691. The van der Waals surface area contributed by atoms with Gasteiger partial charge in [0.1, 0.15) is 11.5 Å². The fraction of sp³-hybridized carbons (Fsp3) is 0.407. The lowest BCUT2D eigenvalue weighted by Crippen LogP contribution is -2.38. The van der Waals surface area contributed by atoms with Crippen molar-refractivity contribution in [1.29, 1.82) is 0 Å². The third-order valence-corrected chi connectivity index (χ3v) is 6.44. The average Bonchev–Trinajstić information content (AvgIpc) is 3.09. The van der Waals surface area contributed by atoms with Gasteiger partial charge < -0.3 is 19.6 Å². The van der Waals surface area contributed by atoms with Crippen molar-refractivity contribution in [3.05, 3.63) is 69.8 Å². The van der Waals surface area contributed by atoms with Crippen LogP contribution in [0.1, 0.15) is 49.9 Å². The molecule has 0 saturated carbocycles. The van der Waals surface area contributed by atoms with Crippen LogP contribution in [0.5, 0.6) is 5.75 Å². The van der Waals surface area contributed by atoms with Crippen LogP contribution < -0.4 is 4.74 Å². The Morgan fingerprint density at radius 1 is 1.09 bits per heavy atom. The fourth-order valence-corrected chi connectivity index (χ4v) is 4.34. The molecule has 1 atom stereocenters. The van der Waals surface area contributed by atoms with Crippen molar-refractivity contribution in [2.75, 3.05) is 32.8 Å². The van der Waals surface area contributed by atoms with Crippen LogP contribution in [-0.4, -0.2) is 59.4 Å². The van der Waals surface area contributed by atoms with E-state index in [4.69, 9.17) is 16.3 Å². The third-order valence-electron chi connectivity index (χ3n) is 6.19. The van der Waals surface area contributed by atoms with Crippen molar-refractivity contribution in [3.63, 3.8) is 0 Å². The molecule has 6 nitrogen and oxygen atoms in total. The lowest BCUT2D eigenvalue weighted by molar-refractivity contribution is -0.140. The summed E-state index contributed by atoms with van der Waals surface area (Å²) in [6.45, 7) is 11.3. The Hall–Kier alpha value is -2.83. The molecule has 0 spiro atoms. The van der Waals surface area contributed by atoms with Crippen molar-refractivity contribution in [2.24, 2.45) is 0 Å². The molecule has 3 rings (SSSR count). The topological polar surface area (TPSA) is 70.1 Å². The first-order valence-electron chi connectivity index (χ1n) is 11.8. The molecule has 0 unspecified atom stereocenters. The lowest BCUT2D eigenvalue weighted by Gasteiger charge is -2.28. The monoisotopic (exact) mass is 484 g/mol. The summed E-state index contributed by atoms with van der Waals surface area (Å²) in [5.74, 6) is -0.740. The number of aliphatic hydroxyl groups is 1. The highest BCUT2D eigenvalue weighted by Crippen LogP contribution is 2.40. The van der Waals surface area contributed by atoms with Crippen LogP contribution in [0, 0.1) is 6.92 Å². The first-order valence-corrected chi connectivity index (χ1v) is 12.2. The molecule has 1 fully saturated rings. The number of carbonyl (C=O) groups is 2. The summed E-state index contributed by atoms with van der Waals surface area (Å²) in [5.41, 5.74) is 2.14. The van der Waals surface area contributed by atoms with Crippen LogP contribution >= 0.6 is 11.6 Å². The Bertz CT molecular complexity index is 1060. The van der Waals surface area contributed by atoms with E-state index in [0.29, 0.717) is 30.3 Å². The second kappa shape index (κ2) is 11.5. The number of likely N-dealkylation sites (tertiary alicyclic amines) is 1. The Morgan fingerprint density at radius 3 is 2.35 bits per heavy atom. The van der Waals surface area contributed by atoms with Gasteiger partial charge in [-0.25, -0.2) is 0 Å². The van der Waals surface area contributed by atoms with Crippen molar-refractivity contribution in [3.8, 4) is 5.75 Å². The molecule has 34 heavy (non-hydrogen) atoms. The molecule has 1 aliphatic rings. The van der Waals surface area contributed by atoms with Crippen LogP contribution in [0.15, 0.2) is 48.0 Å². The molecule has 1 amide bonds. The summed E-state index contributed by atoms with van der Waals surface area (Å²) < 4.78 is 5.73. The molecule has 1 N–H and O–H groups in total. The number of benzene rings is 2. The van der Waals surface area contributed by atoms with Gasteiger partial charge >= 0.3 is 0 Å². The largest absolute Gasteiger partial charge is 0.507 e. The maximum atomic E-state index is 13.2. The smallest absolute Gasteiger partial charge is 0.295 e. The maximum absolute atomic E-state index is 13.2. The van der Waals surface area contributed by atoms with Crippen molar-refractivity contribution < 1.29 is 19.4 Å². The van der Waals surface area contributed by atoms with Gasteiger partial charge in [-0.15, -0.1) is 0 Å². The molecule has 0 radical (unpaired) electrons. The number of rotatable bonds is 10. The average molecular weight is 485 g/mol. The van der Waals surface area contributed by atoms with E-state index in [1.165, 1.54) is 0 Å². The van der Waals surface area contributed by atoms with Gasteiger partial charge in [0, 0.05) is 23.7 Å². The third kappa shape index (κ3) is 5.45. The number of ether oxygens (including phenoxy) is 1. The van der Waals surface area contributed by atoms with Crippen molar-refractivity contribution >= 4 is 29.1 Å². The quantitative estimate of drug-likeness (QED) is 0.285. The number of Topliss-reactive ketones (excluding diaryl/α,β-unsaturated/α-hetero) is 1. The maximum Gasteiger partial charge on any atom is 0.295 e. The van der Waals surface area contributed by atoms with Gasteiger partial charge in [-0.3, -0.25) is 9.59 Å². The van der Waals surface area contributed by atoms with Gasteiger partial charge in [-0.1, -0.05) is 44.5 Å². The SMILES string of the molecule is CCCOc1ccc(C(O)=C2C(=O)C(=O)N(CCN(CC)CC)[C@@H]2c2ccc(Cl)cc2)cc1C. The van der Waals surface area contributed by atoms with Crippen LogP contribution in [0.4, 0.5) is 0 Å². The standard InChI is InChI=1S/C27H33ClN2O4/c1-5-16-34-22-13-10-20(17-18(22)4)25(31)23-24(19-8-11-21(28)12-9-19)30(27(33)26(23)32)15-14-29(6-2)7-3/h8-13,17,24,31H,5-7,14-16H2,1-4H3/t24-/m1/s1. The molecule has 0 aromatic heterocycles. The number of amides is 1. The van der Waals surface area contributed by atoms with Crippen LogP contribution in [0.3, 0.4) is 0 Å². The molecule has 0 bridgehead atoms. The highest BCUT2D eigenvalue weighted by atomic mass is 35.5. The van der Waals surface area contributed by atoms with Gasteiger partial charge in [0.05, 0.1) is 18.2 Å². The molecular weight excluding hydrogens is 452 g/mol. The summed E-state index contributed by atoms with van der Waals surface area (Å²) in [5, 5.41) is 11.8. The first-order chi connectivity index (χ1) is 16.3. The number of aryl methyl sites for hydroxylation is 1. The van der Waals surface area contributed by atoms with Crippen LogP contribution in [-0.2, 0) is 9.59 Å². The summed E-state index contributed by atoms with van der Waals surface area (Å²) >= 11 is 6.09. The summed E-state index contributed by atoms with van der Waals surface area (Å²) in [7, 11) is 0. The molecule has 182 valence electrons. The molecule has 7 heteroatoms. The highest BCUT2D eigenvalue weighted by molar-refractivity contribution is 6.46. The molecule has 1 saturated heterocycles. The van der Waals surface area contributed by atoms with E-state index in [2.05, 4.69) is 18.7 Å². The van der Waals surface area contributed by atoms with Gasteiger partial charge in [-0.05, 0) is 67.9 Å². The molecule has 0 aliphatic carbocycles. The predicted octanol–water partition coefficient (Wildman–Crippen LogP) is 5.20. The van der Waals surface area contributed by atoms with Crippen molar-refractivity contribution in [2.45, 2.75) is 40.2 Å². The number of ketones is 1.